The lowest BCUT2D eigenvalue weighted by atomic mass is 10.2. The second-order valence-corrected chi connectivity index (χ2v) is 14.2. The van der Waals surface area contributed by atoms with Crippen molar-refractivity contribution in [3.8, 4) is 0 Å². The Hall–Kier alpha value is -3.53. The maximum absolute atomic E-state index is 13.6. The molecule has 6 rings (SSSR count). The number of hydrogen-bond acceptors (Lipinski definition) is 4. The smallest absolute Gasteiger partial charge is 0.221 e. The summed E-state index contributed by atoms with van der Waals surface area (Å²) in [6.07, 6.45) is -0.0900. The van der Waals surface area contributed by atoms with Crippen molar-refractivity contribution in [1.82, 2.24) is 10.6 Å². The zero-order valence-corrected chi connectivity index (χ0v) is 23.1. The molecule has 0 unspecified atom stereocenters. The van der Waals surface area contributed by atoms with E-state index in [-0.39, 0.29) is 22.4 Å². The van der Waals surface area contributed by atoms with E-state index < -0.39 is 7.26 Å². The second kappa shape index (κ2) is 11.7. The van der Waals surface area contributed by atoms with Crippen molar-refractivity contribution in [3.63, 3.8) is 0 Å². The Morgan fingerprint density at radius 2 is 0.949 bits per heavy atom. The summed E-state index contributed by atoms with van der Waals surface area (Å²) in [5.41, 5.74) is 1.87. The lowest BCUT2D eigenvalue weighted by molar-refractivity contribution is 0.108. The minimum atomic E-state index is -2.31. The average Bonchev–Trinajstić information content (AvgIpc) is 3.44. The normalized spacial score (nSPS) is 19.0. The molecular formula is C34H30N2OPS+. The van der Waals surface area contributed by atoms with Crippen LogP contribution in [0.2, 0.25) is 0 Å². The van der Waals surface area contributed by atoms with Gasteiger partial charge in [0.1, 0.15) is 28.5 Å². The van der Waals surface area contributed by atoms with Gasteiger partial charge in [-0.05, 0) is 42.0 Å². The number of carbonyl (C=O) groups excluding carboxylic acids is 1. The van der Waals surface area contributed by atoms with E-state index in [1.807, 2.05) is 36.4 Å². The molecule has 5 heteroatoms. The van der Waals surface area contributed by atoms with Crippen molar-refractivity contribution in [2.45, 2.75) is 17.3 Å². The van der Waals surface area contributed by atoms with Gasteiger partial charge < -0.3 is 0 Å². The number of carbonyl (C=O) groups is 1. The molecule has 0 spiro atoms. The summed E-state index contributed by atoms with van der Waals surface area (Å²) in [5, 5.41) is 11.6. The Labute approximate surface area is 235 Å². The predicted octanol–water partition coefficient (Wildman–Crippen LogP) is 6.10. The van der Waals surface area contributed by atoms with E-state index in [0.717, 1.165) is 5.56 Å². The van der Waals surface area contributed by atoms with Crippen LogP contribution in [0.15, 0.2) is 152 Å². The molecule has 1 aliphatic rings. The molecule has 1 heterocycles. The van der Waals surface area contributed by atoms with Crippen molar-refractivity contribution in [1.29, 1.82) is 0 Å². The maximum Gasteiger partial charge on any atom is 0.221 e. The van der Waals surface area contributed by atoms with Gasteiger partial charge in [0.2, 0.25) is 5.12 Å². The van der Waals surface area contributed by atoms with Crippen molar-refractivity contribution < 1.29 is 4.79 Å². The van der Waals surface area contributed by atoms with Crippen molar-refractivity contribution in [2.24, 2.45) is 0 Å². The molecular weight excluding hydrogens is 515 g/mol. The third kappa shape index (κ3) is 5.09. The van der Waals surface area contributed by atoms with Gasteiger partial charge in [-0.25, -0.2) is 0 Å². The van der Waals surface area contributed by atoms with Crippen LogP contribution in [-0.2, 0) is 0 Å². The monoisotopic (exact) mass is 545 g/mol. The fourth-order valence-corrected chi connectivity index (χ4v) is 11.8. The standard InChI is InChI=1S/C34H30N2OPS/c37-34(27-18-8-2-9-19-27)39-33-32(35-31(36-33)26-16-6-1-7-17-26)38(28-20-10-3-11-21-28,29-22-12-4-13-23-29)30-24-14-5-15-25-30/h1-25,31-33,35-36H/q+1/t31-,32+,33-/m0/s1. The van der Waals surface area contributed by atoms with E-state index in [9.17, 15) is 4.79 Å². The molecule has 1 aliphatic heterocycles. The minimum Gasteiger partial charge on any atom is -0.282 e. The minimum absolute atomic E-state index is 0.0485. The molecule has 2 N–H and O–H groups in total. The Balaban J connectivity index is 1.55. The molecule has 3 atom stereocenters. The molecule has 0 amide bonds. The lowest BCUT2D eigenvalue weighted by Crippen LogP contribution is -2.47. The maximum atomic E-state index is 13.6. The highest BCUT2D eigenvalue weighted by atomic mass is 32.2. The SMILES string of the molecule is O=C(S[C@@H]1N[C@@H](c2ccccc2)N[C@@H]1[P+](c1ccccc1)(c1ccccc1)c1ccccc1)c1ccccc1. The summed E-state index contributed by atoms with van der Waals surface area (Å²) in [4.78, 5) is 13.6. The zero-order valence-electron chi connectivity index (χ0n) is 21.4. The van der Waals surface area contributed by atoms with E-state index in [4.69, 9.17) is 0 Å². The number of thioether (sulfide) groups is 1. The van der Waals surface area contributed by atoms with Crippen LogP contribution in [0.3, 0.4) is 0 Å². The molecule has 0 bridgehead atoms. The topological polar surface area (TPSA) is 41.1 Å². The second-order valence-electron chi connectivity index (χ2n) is 9.54. The summed E-state index contributed by atoms with van der Waals surface area (Å²) in [6, 6.07) is 52.6. The van der Waals surface area contributed by atoms with Crippen LogP contribution in [0.25, 0.3) is 0 Å². The fraction of sp³-hybridized carbons (Fsp3) is 0.0882. The molecule has 1 saturated heterocycles. The molecule has 0 aliphatic carbocycles. The molecule has 1 fully saturated rings. The van der Waals surface area contributed by atoms with Gasteiger partial charge >= 0.3 is 0 Å². The van der Waals surface area contributed by atoms with Crippen LogP contribution < -0.4 is 26.5 Å². The summed E-state index contributed by atoms with van der Waals surface area (Å²) < 4.78 is 0. The molecule has 5 aromatic carbocycles. The highest BCUT2D eigenvalue weighted by Crippen LogP contribution is 2.62. The third-order valence-electron chi connectivity index (χ3n) is 7.24. The van der Waals surface area contributed by atoms with Crippen molar-refractivity contribution >= 4 is 40.1 Å². The zero-order chi connectivity index (χ0) is 26.5. The number of benzene rings is 5. The van der Waals surface area contributed by atoms with Gasteiger partial charge in [0.25, 0.3) is 0 Å². The summed E-state index contributed by atoms with van der Waals surface area (Å²) >= 11 is 1.39. The molecule has 39 heavy (non-hydrogen) atoms. The molecule has 3 nitrogen and oxygen atoms in total. The van der Waals surface area contributed by atoms with Crippen LogP contribution in [0, 0.1) is 0 Å². The van der Waals surface area contributed by atoms with Gasteiger partial charge in [-0.1, -0.05) is 127 Å². The molecule has 5 aromatic rings. The van der Waals surface area contributed by atoms with Crippen LogP contribution in [0.4, 0.5) is 0 Å². The Bertz CT molecular complexity index is 1410. The average molecular weight is 546 g/mol. The van der Waals surface area contributed by atoms with E-state index in [0.29, 0.717) is 5.56 Å². The molecule has 0 radical (unpaired) electrons. The van der Waals surface area contributed by atoms with Crippen molar-refractivity contribution in [2.75, 3.05) is 0 Å². The van der Waals surface area contributed by atoms with Crippen LogP contribution in [0.1, 0.15) is 22.1 Å². The largest absolute Gasteiger partial charge is 0.282 e. The Kier molecular flexibility index (Phi) is 7.71. The first-order valence-electron chi connectivity index (χ1n) is 13.2. The highest BCUT2D eigenvalue weighted by molar-refractivity contribution is 8.15. The number of nitrogens with one attached hydrogen (secondary N) is 2. The first-order chi connectivity index (χ1) is 19.3. The Morgan fingerprint density at radius 3 is 1.41 bits per heavy atom. The van der Waals surface area contributed by atoms with Gasteiger partial charge in [0.05, 0.1) is 6.17 Å². The predicted molar refractivity (Wildman–Crippen MR) is 167 cm³/mol. The van der Waals surface area contributed by atoms with Crippen LogP contribution >= 0.6 is 19.0 Å². The third-order valence-corrected chi connectivity index (χ3v) is 13.2. The van der Waals surface area contributed by atoms with Gasteiger partial charge in [-0.2, -0.15) is 0 Å². The van der Waals surface area contributed by atoms with Gasteiger partial charge in [-0.15, -0.1) is 0 Å². The number of hydrogen-bond donors (Lipinski definition) is 2. The fourth-order valence-electron chi connectivity index (χ4n) is 5.49. The van der Waals surface area contributed by atoms with Crippen LogP contribution in [0.5, 0.6) is 0 Å². The van der Waals surface area contributed by atoms with Gasteiger partial charge in [0, 0.05) is 5.56 Å². The highest BCUT2D eigenvalue weighted by Gasteiger charge is 2.59. The first-order valence-corrected chi connectivity index (χ1v) is 15.9. The van der Waals surface area contributed by atoms with Gasteiger partial charge in [0.15, 0.2) is 5.78 Å². The molecule has 0 saturated carbocycles. The summed E-state index contributed by atoms with van der Waals surface area (Å²) in [5.74, 6) is -0.0485. The molecule has 192 valence electrons. The quantitative estimate of drug-likeness (QED) is 0.243. The van der Waals surface area contributed by atoms with Crippen molar-refractivity contribution in [3.05, 3.63) is 163 Å². The van der Waals surface area contributed by atoms with E-state index in [1.54, 1.807) is 0 Å². The summed E-state index contributed by atoms with van der Waals surface area (Å²) in [6.45, 7) is 0. The Morgan fingerprint density at radius 1 is 0.538 bits per heavy atom. The van der Waals surface area contributed by atoms with Crippen LogP contribution in [-0.4, -0.2) is 16.3 Å². The molecule has 0 aromatic heterocycles. The van der Waals surface area contributed by atoms with E-state index >= 15 is 0 Å². The summed E-state index contributed by atoms with van der Waals surface area (Å²) in [7, 11) is -2.31. The first kappa shape index (κ1) is 25.7. The van der Waals surface area contributed by atoms with E-state index in [2.05, 4.69) is 126 Å². The van der Waals surface area contributed by atoms with E-state index in [1.165, 1.54) is 27.7 Å². The number of rotatable bonds is 7. The lowest BCUT2D eigenvalue weighted by Gasteiger charge is -2.35. The van der Waals surface area contributed by atoms with Gasteiger partial charge in [-0.3, -0.25) is 15.4 Å².